The van der Waals surface area contributed by atoms with Crippen molar-refractivity contribution < 1.29 is 4.79 Å². The second-order valence-electron chi connectivity index (χ2n) is 5.39. The summed E-state index contributed by atoms with van der Waals surface area (Å²) in [6, 6.07) is 7.89. The maximum absolute atomic E-state index is 12.1. The zero-order chi connectivity index (χ0) is 15.5. The van der Waals surface area contributed by atoms with Gasteiger partial charge in [-0.1, -0.05) is 23.7 Å². The van der Waals surface area contributed by atoms with Gasteiger partial charge in [-0.05, 0) is 17.7 Å². The minimum atomic E-state index is -0.158. The van der Waals surface area contributed by atoms with Crippen LogP contribution in [-0.4, -0.2) is 28.5 Å². The van der Waals surface area contributed by atoms with Crippen LogP contribution in [0.5, 0.6) is 0 Å². The number of hydrazine groups is 1. The van der Waals surface area contributed by atoms with Gasteiger partial charge in [-0.3, -0.25) is 10.2 Å². The van der Waals surface area contributed by atoms with Crippen molar-refractivity contribution in [3.05, 3.63) is 53.1 Å². The molecule has 0 spiro atoms. The Morgan fingerprint density at radius 2 is 2.23 bits per heavy atom. The molecular weight excluding hydrogens is 302 g/mol. The van der Waals surface area contributed by atoms with Crippen molar-refractivity contribution in [1.82, 2.24) is 25.7 Å². The van der Waals surface area contributed by atoms with E-state index in [4.69, 9.17) is 11.6 Å². The lowest BCUT2D eigenvalue weighted by atomic mass is 9.95. The third-order valence-electron chi connectivity index (χ3n) is 3.87. The number of carbonyl (C=O) groups excluding carboxylic acids is 1. The van der Waals surface area contributed by atoms with Crippen LogP contribution in [0.15, 0.2) is 36.7 Å². The first-order valence-corrected chi connectivity index (χ1v) is 7.52. The second-order valence-corrected chi connectivity index (χ2v) is 5.82. The van der Waals surface area contributed by atoms with Gasteiger partial charge in [0.15, 0.2) is 5.82 Å². The lowest BCUT2D eigenvalue weighted by molar-refractivity contribution is 0.0933. The molecule has 1 aliphatic rings. The summed E-state index contributed by atoms with van der Waals surface area (Å²) in [4.78, 5) is 16.2. The van der Waals surface area contributed by atoms with Gasteiger partial charge in [0.2, 0.25) is 0 Å². The third-order valence-corrected chi connectivity index (χ3v) is 4.12. The average molecular weight is 320 g/mol. The summed E-state index contributed by atoms with van der Waals surface area (Å²) in [5.41, 5.74) is 7.54. The smallest absolute Gasteiger partial charge is 0.287 e. The Morgan fingerprint density at radius 3 is 2.91 bits per heavy atom. The SMILES string of the molecule is Cn1ccnc1C(=O)NCC1CNNC1c1ccc(Cl)cc1. The van der Waals surface area contributed by atoms with Crippen LogP contribution in [0.25, 0.3) is 0 Å². The molecular formula is C15H18ClN5O. The molecule has 22 heavy (non-hydrogen) atoms. The summed E-state index contributed by atoms with van der Waals surface area (Å²) in [6.45, 7) is 1.35. The fourth-order valence-electron chi connectivity index (χ4n) is 2.64. The van der Waals surface area contributed by atoms with E-state index in [1.807, 2.05) is 24.3 Å². The molecule has 1 aromatic heterocycles. The van der Waals surface area contributed by atoms with E-state index in [1.54, 1.807) is 24.0 Å². The number of aryl methyl sites for hydroxylation is 1. The summed E-state index contributed by atoms with van der Waals surface area (Å²) in [5.74, 6) is 0.515. The Morgan fingerprint density at radius 1 is 1.45 bits per heavy atom. The average Bonchev–Trinajstić information content (AvgIpc) is 3.14. The molecule has 0 bridgehead atoms. The second kappa shape index (κ2) is 6.48. The number of amides is 1. The molecule has 3 N–H and O–H groups in total. The molecule has 2 unspecified atom stereocenters. The number of benzene rings is 1. The largest absolute Gasteiger partial charge is 0.349 e. The molecule has 0 saturated carbocycles. The molecule has 1 aliphatic heterocycles. The van der Waals surface area contributed by atoms with Crippen molar-refractivity contribution in [1.29, 1.82) is 0 Å². The van der Waals surface area contributed by atoms with E-state index in [0.717, 1.165) is 12.1 Å². The van der Waals surface area contributed by atoms with Gasteiger partial charge in [0.1, 0.15) is 0 Å². The maximum Gasteiger partial charge on any atom is 0.287 e. The number of carbonyl (C=O) groups is 1. The number of nitrogens with one attached hydrogen (secondary N) is 3. The zero-order valence-corrected chi connectivity index (χ0v) is 13.0. The van der Waals surface area contributed by atoms with Crippen LogP contribution >= 0.6 is 11.6 Å². The monoisotopic (exact) mass is 319 g/mol. The van der Waals surface area contributed by atoms with E-state index in [1.165, 1.54) is 0 Å². The van der Waals surface area contributed by atoms with Crippen LogP contribution in [0.1, 0.15) is 22.2 Å². The maximum atomic E-state index is 12.1. The van der Waals surface area contributed by atoms with Gasteiger partial charge < -0.3 is 9.88 Å². The Labute approximate surface area is 133 Å². The van der Waals surface area contributed by atoms with Gasteiger partial charge >= 0.3 is 0 Å². The zero-order valence-electron chi connectivity index (χ0n) is 12.2. The molecule has 116 valence electrons. The highest BCUT2D eigenvalue weighted by molar-refractivity contribution is 6.30. The molecule has 1 saturated heterocycles. The lowest BCUT2D eigenvalue weighted by Crippen LogP contribution is -2.34. The number of imidazole rings is 1. The van der Waals surface area contributed by atoms with Crippen molar-refractivity contribution in [3.63, 3.8) is 0 Å². The molecule has 0 radical (unpaired) electrons. The Balaban J connectivity index is 1.63. The fraction of sp³-hybridized carbons (Fsp3) is 0.333. The number of rotatable bonds is 4. The predicted molar refractivity (Wildman–Crippen MR) is 84.4 cm³/mol. The molecule has 1 fully saturated rings. The summed E-state index contributed by atoms with van der Waals surface area (Å²) in [6.07, 6.45) is 3.37. The van der Waals surface area contributed by atoms with Crippen LogP contribution in [-0.2, 0) is 7.05 Å². The highest BCUT2D eigenvalue weighted by Gasteiger charge is 2.28. The van der Waals surface area contributed by atoms with Crippen molar-refractivity contribution in [2.75, 3.05) is 13.1 Å². The van der Waals surface area contributed by atoms with Crippen molar-refractivity contribution >= 4 is 17.5 Å². The van der Waals surface area contributed by atoms with Crippen LogP contribution in [0.2, 0.25) is 5.02 Å². The lowest BCUT2D eigenvalue weighted by Gasteiger charge is -2.19. The molecule has 1 aromatic carbocycles. The van der Waals surface area contributed by atoms with Gasteiger partial charge in [0.05, 0.1) is 6.04 Å². The Bertz CT molecular complexity index is 654. The summed E-state index contributed by atoms with van der Waals surface area (Å²) in [7, 11) is 1.80. The normalized spacial score (nSPS) is 21.0. The van der Waals surface area contributed by atoms with Crippen molar-refractivity contribution in [2.24, 2.45) is 13.0 Å². The van der Waals surface area contributed by atoms with Gasteiger partial charge in [0, 0.05) is 43.5 Å². The van der Waals surface area contributed by atoms with Crippen LogP contribution in [0.3, 0.4) is 0 Å². The summed E-state index contributed by atoms with van der Waals surface area (Å²) in [5, 5.41) is 3.67. The Hall–Kier alpha value is -1.89. The molecule has 6 nitrogen and oxygen atoms in total. The molecule has 7 heteroatoms. The van der Waals surface area contributed by atoms with Crippen molar-refractivity contribution in [2.45, 2.75) is 6.04 Å². The molecule has 2 aromatic rings. The van der Waals surface area contributed by atoms with E-state index in [0.29, 0.717) is 17.4 Å². The minimum Gasteiger partial charge on any atom is -0.349 e. The van der Waals surface area contributed by atoms with E-state index in [2.05, 4.69) is 21.2 Å². The quantitative estimate of drug-likeness (QED) is 0.793. The first-order chi connectivity index (χ1) is 10.6. The number of aromatic nitrogens is 2. The van der Waals surface area contributed by atoms with E-state index in [9.17, 15) is 4.79 Å². The fourth-order valence-corrected chi connectivity index (χ4v) is 2.76. The molecule has 2 heterocycles. The predicted octanol–water partition coefficient (Wildman–Crippen LogP) is 1.27. The molecule has 0 aliphatic carbocycles. The highest BCUT2D eigenvalue weighted by atomic mass is 35.5. The van der Waals surface area contributed by atoms with E-state index < -0.39 is 0 Å². The van der Waals surface area contributed by atoms with Crippen molar-refractivity contribution in [3.8, 4) is 0 Å². The number of nitrogens with zero attached hydrogens (tertiary/aromatic N) is 2. The Kier molecular flexibility index (Phi) is 4.42. The first-order valence-electron chi connectivity index (χ1n) is 7.14. The highest BCUT2D eigenvalue weighted by Crippen LogP contribution is 2.25. The standard InChI is InChI=1S/C15H18ClN5O/c1-21-7-6-17-14(21)15(22)18-8-11-9-19-20-13(11)10-2-4-12(16)5-3-10/h2-7,11,13,19-20H,8-9H2,1H3,(H,18,22). The van der Waals surface area contributed by atoms with Gasteiger partial charge in [0.25, 0.3) is 5.91 Å². The minimum absolute atomic E-state index is 0.138. The van der Waals surface area contributed by atoms with Gasteiger partial charge in [-0.25, -0.2) is 10.4 Å². The first kappa shape index (κ1) is 15.0. The van der Waals surface area contributed by atoms with Crippen LogP contribution in [0.4, 0.5) is 0 Å². The number of hydrogen-bond acceptors (Lipinski definition) is 4. The molecule has 2 atom stereocenters. The van der Waals surface area contributed by atoms with Gasteiger partial charge in [-0.2, -0.15) is 0 Å². The third kappa shape index (κ3) is 3.14. The van der Waals surface area contributed by atoms with Crippen LogP contribution in [0, 0.1) is 5.92 Å². The summed E-state index contributed by atoms with van der Waals surface area (Å²) >= 11 is 5.93. The van der Waals surface area contributed by atoms with E-state index >= 15 is 0 Å². The van der Waals surface area contributed by atoms with E-state index in [-0.39, 0.29) is 17.9 Å². The molecule has 1 amide bonds. The molecule has 3 rings (SSSR count). The summed E-state index contributed by atoms with van der Waals surface area (Å²) < 4.78 is 1.71. The topological polar surface area (TPSA) is 71.0 Å². The number of halogens is 1. The van der Waals surface area contributed by atoms with Crippen LogP contribution < -0.4 is 16.2 Å². The van der Waals surface area contributed by atoms with Gasteiger partial charge in [-0.15, -0.1) is 0 Å². The number of hydrogen-bond donors (Lipinski definition) is 3.